The highest BCUT2D eigenvalue weighted by molar-refractivity contribution is 5.84. The van der Waals surface area contributed by atoms with Crippen LogP contribution in [0.4, 0.5) is 4.79 Å². The summed E-state index contributed by atoms with van der Waals surface area (Å²) in [5, 5.41) is 13.9. The van der Waals surface area contributed by atoms with Gasteiger partial charge in [-0.1, -0.05) is 0 Å². The van der Waals surface area contributed by atoms with Crippen LogP contribution in [0.1, 0.15) is 13.3 Å². The van der Waals surface area contributed by atoms with Crippen molar-refractivity contribution in [3.63, 3.8) is 0 Å². The minimum atomic E-state index is -1.13. The Morgan fingerprint density at radius 3 is 2.60 bits per heavy atom. The van der Waals surface area contributed by atoms with Crippen LogP contribution in [-0.4, -0.2) is 67.8 Å². The molecule has 1 aliphatic rings. The lowest BCUT2D eigenvalue weighted by Crippen LogP contribution is -2.46. The van der Waals surface area contributed by atoms with Gasteiger partial charge in [0, 0.05) is 27.2 Å². The first-order valence-corrected chi connectivity index (χ1v) is 6.34. The van der Waals surface area contributed by atoms with Gasteiger partial charge in [0.05, 0.1) is 12.0 Å². The molecule has 1 aliphatic heterocycles. The zero-order valence-corrected chi connectivity index (χ0v) is 11.9. The van der Waals surface area contributed by atoms with Gasteiger partial charge in [0.1, 0.15) is 0 Å². The Labute approximate surface area is 117 Å². The highest BCUT2D eigenvalue weighted by Gasteiger charge is 2.41. The number of carbonyl (C=O) groups is 3. The second-order valence-electron chi connectivity index (χ2n) is 5.06. The standard InChI is InChI=1S/C12H21N3O5/c1-12(10(18)13-2)4-5-15(7-12)11(19)14-6-8(20-3)9(16)17/h8H,4-7H2,1-3H3,(H,13,18)(H,14,19)(H,16,17). The fourth-order valence-electron chi connectivity index (χ4n) is 2.18. The number of carboxylic acid groups (broad SMARTS) is 1. The Bertz CT molecular complexity index is 401. The summed E-state index contributed by atoms with van der Waals surface area (Å²) in [6, 6.07) is -0.388. The molecule has 1 fully saturated rings. The molecule has 8 nitrogen and oxygen atoms in total. The summed E-state index contributed by atoms with van der Waals surface area (Å²) >= 11 is 0. The zero-order chi connectivity index (χ0) is 15.3. The van der Waals surface area contributed by atoms with E-state index in [-0.39, 0.29) is 18.5 Å². The molecule has 2 unspecified atom stereocenters. The average Bonchev–Trinajstić information content (AvgIpc) is 2.82. The van der Waals surface area contributed by atoms with Gasteiger partial charge in [-0.2, -0.15) is 0 Å². The maximum Gasteiger partial charge on any atom is 0.334 e. The smallest absolute Gasteiger partial charge is 0.334 e. The van der Waals surface area contributed by atoms with Gasteiger partial charge in [-0.25, -0.2) is 9.59 Å². The number of hydrogen-bond acceptors (Lipinski definition) is 4. The third kappa shape index (κ3) is 3.60. The lowest BCUT2D eigenvalue weighted by molar-refractivity contribution is -0.148. The van der Waals surface area contributed by atoms with Crippen molar-refractivity contribution >= 4 is 17.9 Å². The molecule has 0 spiro atoms. The highest BCUT2D eigenvalue weighted by atomic mass is 16.5. The van der Waals surface area contributed by atoms with Crippen LogP contribution in [0.2, 0.25) is 0 Å². The molecule has 0 aromatic carbocycles. The maximum atomic E-state index is 11.9. The molecule has 0 aliphatic carbocycles. The van der Waals surface area contributed by atoms with Crippen LogP contribution in [0.3, 0.4) is 0 Å². The number of nitrogens with zero attached hydrogens (tertiary/aromatic N) is 1. The number of likely N-dealkylation sites (tertiary alicyclic amines) is 1. The van der Waals surface area contributed by atoms with Gasteiger partial charge in [-0.05, 0) is 13.3 Å². The van der Waals surface area contributed by atoms with Gasteiger partial charge in [0.2, 0.25) is 5.91 Å². The van der Waals surface area contributed by atoms with E-state index < -0.39 is 17.5 Å². The fraction of sp³-hybridized carbons (Fsp3) is 0.750. The van der Waals surface area contributed by atoms with E-state index in [1.807, 2.05) is 0 Å². The molecule has 1 saturated heterocycles. The molecule has 3 amide bonds. The topological polar surface area (TPSA) is 108 Å². The molecule has 1 rings (SSSR count). The minimum Gasteiger partial charge on any atom is -0.479 e. The molecular formula is C12H21N3O5. The quantitative estimate of drug-likeness (QED) is 0.617. The Morgan fingerprint density at radius 2 is 2.10 bits per heavy atom. The van der Waals surface area contributed by atoms with Crippen molar-refractivity contribution in [2.75, 3.05) is 33.8 Å². The number of nitrogens with one attached hydrogen (secondary N) is 2. The Balaban J connectivity index is 2.50. The van der Waals surface area contributed by atoms with Gasteiger partial charge in [-0.15, -0.1) is 0 Å². The van der Waals surface area contributed by atoms with Crippen LogP contribution in [0, 0.1) is 5.41 Å². The van der Waals surface area contributed by atoms with Gasteiger partial charge in [-0.3, -0.25) is 4.79 Å². The van der Waals surface area contributed by atoms with E-state index in [0.29, 0.717) is 19.5 Å². The molecule has 1 heterocycles. The van der Waals surface area contributed by atoms with Gasteiger partial charge < -0.3 is 25.4 Å². The molecule has 0 bridgehead atoms. The number of rotatable bonds is 5. The summed E-state index contributed by atoms with van der Waals surface area (Å²) in [4.78, 5) is 35.9. The van der Waals surface area contributed by atoms with Crippen molar-refractivity contribution in [2.24, 2.45) is 5.41 Å². The van der Waals surface area contributed by atoms with E-state index in [0.717, 1.165) is 0 Å². The molecule has 8 heteroatoms. The monoisotopic (exact) mass is 287 g/mol. The number of amides is 3. The molecule has 2 atom stereocenters. The molecule has 0 aromatic rings. The molecule has 0 saturated carbocycles. The third-order valence-corrected chi connectivity index (χ3v) is 3.53. The van der Waals surface area contributed by atoms with Gasteiger partial charge in [0.25, 0.3) is 0 Å². The lowest BCUT2D eigenvalue weighted by Gasteiger charge is -2.23. The van der Waals surface area contributed by atoms with E-state index in [1.54, 1.807) is 14.0 Å². The lowest BCUT2D eigenvalue weighted by atomic mass is 9.89. The zero-order valence-electron chi connectivity index (χ0n) is 11.9. The van der Waals surface area contributed by atoms with E-state index >= 15 is 0 Å². The van der Waals surface area contributed by atoms with Crippen LogP contribution in [0.5, 0.6) is 0 Å². The molecule has 114 valence electrons. The van der Waals surface area contributed by atoms with E-state index in [1.165, 1.54) is 12.0 Å². The summed E-state index contributed by atoms with van der Waals surface area (Å²) in [6.45, 7) is 2.45. The summed E-state index contributed by atoms with van der Waals surface area (Å²) in [6.07, 6.45) is -0.501. The van der Waals surface area contributed by atoms with Crippen molar-refractivity contribution in [2.45, 2.75) is 19.4 Å². The molecular weight excluding hydrogens is 266 g/mol. The number of ether oxygens (including phenoxy) is 1. The largest absolute Gasteiger partial charge is 0.479 e. The first kappa shape index (κ1) is 16.2. The number of urea groups is 1. The summed E-state index contributed by atoms with van der Waals surface area (Å²) < 4.78 is 4.72. The predicted molar refractivity (Wildman–Crippen MR) is 70.2 cm³/mol. The molecule has 20 heavy (non-hydrogen) atoms. The molecule has 0 aromatic heterocycles. The van der Waals surface area contributed by atoms with E-state index in [2.05, 4.69) is 10.6 Å². The first-order valence-electron chi connectivity index (χ1n) is 6.34. The van der Waals surface area contributed by atoms with Crippen LogP contribution >= 0.6 is 0 Å². The molecule has 0 radical (unpaired) electrons. The summed E-state index contributed by atoms with van der Waals surface area (Å²) in [5.41, 5.74) is -0.598. The maximum absolute atomic E-state index is 11.9. The van der Waals surface area contributed by atoms with Crippen LogP contribution < -0.4 is 10.6 Å². The minimum absolute atomic E-state index is 0.104. The summed E-state index contributed by atoms with van der Waals surface area (Å²) in [5.74, 6) is -1.24. The number of aliphatic carboxylic acids is 1. The number of carbonyl (C=O) groups excluding carboxylic acids is 2. The average molecular weight is 287 g/mol. The number of carboxylic acids is 1. The third-order valence-electron chi connectivity index (χ3n) is 3.53. The molecule has 3 N–H and O–H groups in total. The van der Waals surface area contributed by atoms with Crippen molar-refractivity contribution in [1.29, 1.82) is 0 Å². The second kappa shape index (κ2) is 6.56. The first-order chi connectivity index (χ1) is 9.34. The van der Waals surface area contributed by atoms with Gasteiger partial charge in [0.15, 0.2) is 6.10 Å². The Hall–Kier alpha value is -1.83. The predicted octanol–water partition coefficient (Wildman–Crippen LogP) is -0.746. The van der Waals surface area contributed by atoms with Crippen molar-refractivity contribution < 1.29 is 24.2 Å². The Kier molecular flexibility index (Phi) is 5.32. The normalized spacial score (nSPS) is 23.2. The van der Waals surface area contributed by atoms with Crippen molar-refractivity contribution in [1.82, 2.24) is 15.5 Å². The van der Waals surface area contributed by atoms with Crippen molar-refractivity contribution in [3.8, 4) is 0 Å². The van der Waals surface area contributed by atoms with Crippen LogP contribution in [-0.2, 0) is 14.3 Å². The van der Waals surface area contributed by atoms with Crippen LogP contribution in [0.15, 0.2) is 0 Å². The number of hydrogen-bond donors (Lipinski definition) is 3. The van der Waals surface area contributed by atoms with E-state index in [4.69, 9.17) is 9.84 Å². The van der Waals surface area contributed by atoms with Crippen molar-refractivity contribution in [3.05, 3.63) is 0 Å². The fourth-order valence-corrected chi connectivity index (χ4v) is 2.18. The van der Waals surface area contributed by atoms with Crippen LogP contribution in [0.25, 0.3) is 0 Å². The van der Waals surface area contributed by atoms with Gasteiger partial charge >= 0.3 is 12.0 Å². The number of methoxy groups -OCH3 is 1. The highest BCUT2D eigenvalue weighted by Crippen LogP contribution is 2.29. The Morgan fingerprint density at radius 1 is 1.45 bits per heavy atom. The SMILES string of the molecule is CNC(=O)C1(C)CCN(C(=O)NCC(OC)C(=O)O)C1. The second-order valence-corrected chi connectivity index (χ2v) is 5.06. The summed E-state index contributed by atoms with van der Waals surface area (Å²) in [7, 11) is 2.83. The van der Waals surface area contributed by atoms with E-state index in [9.17, 15) is 14.4 Å².